The van der Waals surface area contributed by atoms with Gasteiger partial charge in [-0.3, -0.25) is 14.4 Å². The lowest BCUT2D eigenvalue weighted by Gasteiger charge is -2.40. The van der Waals surface area contributed by atoms with Gasteiger partial charge in [-0.1, -0.05) is 6.07 Å². The second-order valence-corrected chi connectivity index (χ2v) is 9.04. The number of hydrogen-bond acceptors (Lipinski definition) is 5. The number of nitrogens with zero attached hydrogens (tertiary/aromatic N) is 4. The second-order valence-electron chi connectivity index (χ2n) is 8.09. The maximum Gasteiger partial charge on any atom is 0.490 e. The van der Waals surface area contributed by atoms with Crippen molar-refractivity contribution in [1.29, 1.82) is 0 Å². The van der Waals surface area contributed by atoms with Crippen molar-refractivity contribution in [2.45, 2.75) is 32.0 Å². The minimum absolute atomic E-state index is 0.214. The molecule has 4 rings (SSSR count). The number of aryl methyl sites for hydroxylation is 1. The molecular formula is C20H25F3N4O3S. The van der Waals surface area contributed by atoms with E-state index in [1.807, 2.05) is 35.4 Å². The fourth-order valence-corrected chi connectivity index (χ4v) is 4.95. The molecule has 0 aliphatic carbocycles. The molecule has 2 aromatic heterocycles. The van der Waals surface area contributed by atoms with Gasteiger partial charge in [-0.2, -0.15) is 18.3 Å². The monoisotopic (exact) mass is 458 g/mol. The Bertz CT molecular complexity index is 900. The van der Waals surface area contributed by atoms with Crippen molar-refractivity contribution in [2.24, 2.45) is 12.5 Å². The van der Waals surface area contributed by atoms with E-state index < -0.39 is 12.1 Å². The van der Waals surface area contributed by atoms with Gasteiger partial charge in [0.2, 0.25) is 0 Å². The highest BCUT2D eigenvalue weighted by molar-refractivity contribution is 7.12. The molecule has 2 fully saturated rings. The predicted molar refractivity (Wildman–Crippen MR) is 109 cm³/mol. The number of amides is 1. The number of hydrogen-bond donors (Lipinski definition) is 1. The fourth-order valence-electron chi connectivity index (χ4n) is 4.25. The zero-order valence-electron chi connectivity index (χ0n) is 17.1. The highest BCUT2D eigenvalue weighted by Gasteiger charge is 2.43. The topological polar surface area (TPSA) is 78.7 Å². The first-order valence-corrected chi connectivity index (χ1v) is 10.8. The summed E-state index contributed by atoms with van der Waals surface area (Å²) in [6, 6.07) is 3.90. The molecule has 1 amide bonds. The normalized spacial score (nSPS) is 21.7. The van der Waals surface area contributed by atoms with Crippen LogP contribution in [0.25, 0.3) is 0 Å². The summed E-state index contributed by atoms with van der Waals surface area (Å²) in [6.45, 7) is 5.02. The number of likely N-dealkylation sites (tertiary alicyclic amines) is 2. The smallest absolute Gasteiger partial charge is 0.475 e. The molecule has 2 saturated heterocycles. The summed E-state index contributed by atoms with van der Waals surface area (Å²) in [4.78, 5) is 27.0. The van der Waals surface area contributed by atoms with Crippen molar-refractivity contribution in [3.8, 4) is 0 Å². The molecule has 1 unspecified atom stereocenters. The van der Waals surface area contributed by atoms with Crippen molar-refractivity contribution in [2.75, 3.05) is 26.2 Å². The highest BCUT2D eigenvalue weighted by Crippen LogP contribution is 2.40. The number of alkyl halides is 3. The van der Waals surface area contributed by atoms with Crippen LogP contribution in [0.2, 0.25) is 0 Å². The molecule has 7 nitrogen and oxygen atoms in total. The Kier molecular flexibility index (Phi) is 7.05. The van der Waals surface area contributed by atoms with Crippen LogP contribution >= 0.6 is 11.3 Å². The lowest BCUT2D eigenvalue weighted by atomic mass is 9.79. The maximum absolute atomic E-state index is 12.6. The molecule has 4 heterocycles. The quantitative estimate of drug-likeness (QED) is 0.764. The van der Waals surface area contributed by atoms with Crippen LogP contribution in [0.4, 0.5) is 13.2 Å². The van der Waals surface area contributed by atoms with E-state index in [2.05, 4.69) is 21.1 Å². The predicted octanol–water partition coefficient (Wildman–Crippen LogP) is 3.24. The molecule has 11 heteroatoms. The van der Waals surface area contributed by atoms with E-state index in [1.54, 1.807) is 11.3 Å². The zero-order chi connectivity index (χ0) is 22.6. The summed E-state index contributed by atoms with van der Waals surface area (Å²) < 4.78 is 33.6. The van der Waals surface area contributed by atoms with Crippen LogP contribution in [0.1, 0.15) is 34.5 Å². The van der Waals surface area contributed by atoms with E-state index >= 15 is 0 Å². The largest absolute Gasteiger partial charge is 0.490 e. The molecule has 0 radical (unpaired) electrons. The Morgan fingerprint density at radius 1 is 1.26 bits per heavy atom. The summed E-state index contributed by atoms with van der Waals surface area (Å²) in [5.41, 5.74) is 1.56. The summed E-state index contributed by atoms with van der Waals surface area (Å²) in [6.07, 6.45) is 2.57. The molecule has 1 N–H and O–H groups in total. The lowest BCUT2D eigenvalue weighted by molar-refractivity contribution is -0.192. The number of piperidine rings is 1. The van der Waals surface area contributed by atoms with Gasteiger partial charge in [0.05, 0.1) is 11.1 Å². The Balaban J connectivity index is 0.000000339. The Hall–Kier alpha value is -2.40. The van der Waals surface area contributed by atoms with E-state index in [0.29, 0.717) is 0 Å². The van der Waals surface area contributed by atoms with E-state index in [0.717, 1.165) is 44.0 Å². The van der Waals surface area contributed by atoms with Crippen LogP contribution in [-0.2, 0) is 18.4 Å². The van der Waals surface area contributed by atoms with E-state index in [-0.39, 0.29) is 11.3 Å². The van der Waals surface area contributed by atoms with Crippen molar-refractivity contribution in [1.82, 2.24) is 19.6 Å². The van der Waals surface area contributed by atoms with Crippen molar-refractivity contribution in [3.63, 3.8) is 0 Å². The van der Waals surface area contributed by atoms with Gasteiger partial charge in [0.25, 0.3) is 5.91 Å². The molecular weight excluding hydrogens is 433 g/mol. The summed E-state index contributed by atoms with van der Waals surface area (Å²) in [7, 11) is 1.96. The third kappa shape index (κ3) is 6.07. The van der Waals surface area contributed by atoms with Crippen LogP contribution in [0.3, 0.4) is 0 Å². The average molecular weight is 459 g/mol. The highest BCUT2D eigenvalue weighted by atomic mass is 32.1. The van der Waals surface area contributed by atoms with Crippen LogP contribution < -0.4 is 0 Å². The molecule has 31 heavy (non-hydrogen) atoms. The Morgan fingerprint density at radius 2 is 2.00 bits per heavy atom. The molecule has 1 atom stereocenters. The van der Waals surface area contributed by atoms with Gasteiger partial charge >= 0.3 is 12.1 Å². The average Bonchev–Trinajstić information content (AvgIpc) is 3.44. The van der Waals surface area contributed by atoms with Crippen molar-refractivity contribution in [3.05, 3.63) is 40.3 Å². The van der Waals surface area contributed by atoms with Crippen LogP contribution in [0.5, 0.6) is 0 Å². The number of thiophene rings is 1. The summed E-state index contributed by atoms with van der Waals surface area (Å²) in [5.74, 6) is -2.54. The number of carboxylic acids is 1. The van der Waals surface area contributed by atoms with Gasteiger partial charge in [-0.05, 0) is 37.3 Å². The molecule has 2 aliphatic heterocycles. The first-order valence-electron chi connectivity index (χ1n) is 9.91. The van der Waals surface area contributed by atoms with Crippen LogP contribution in [0, 0.1) is 5.41 Å². The Labute approximate surface area is 182 Å². The number of carboxylic acid groups (broad SMARTS) is 1. The fraction of sp³-hybridized carbons (Fsp3) is 0.550. The lowest BCUT2D eigenvalue weighted by Crippen LogP contribution is -2.44. The van der Waals surface area contributed by atoms with Gasteiger partial charge in [0, 0.05) is 50.4 Å². The number of carbonyl (C=O) groups excluding carboxylic acids is 1. The number of aliphatic carboxylic acids is 1. The van der Waals surface area contributed by atoms with E-state index in [9.17, 15) is 18.0 Å². The number of aromatic nitrogens is 2. The number of halogens is 3. The minimum atomic E-state index is -5.08. The van der Waals surface area contributed by atoms with Crippen molar-refractivity contribution >= 4 is 23.2 Å². The standard InChI is InChI=1S/C18H24N4OS.C2HF3O2/c1-20-11-15(10-19-20)12-21-7-3-5-18(13-21)6-8-22(14-18)17(23)16-4-2-9-24-16;3-2(4,5)1(6)7/h2,4,9-11H,3,5-8,12-14H2,1H3;(H,6,7). The SMILES string of the molecule is Cn1cc(CN2CCCC3(CCN(C(=O)c4cccs4)C3)C2)cn1.O=C(O)C(F)(F)F. The summed E-state index contributed by atoms with van der Waals surface area (Å²) >= 11 is 1.55. The third-order valence-corrected chi connectivity index (χ3v) is 6.46. The molecule has 170 valence electrons. The second kappa shape index (κ2) is 9.39. The van der Waals surface area contributed by atoms with Crippen molar-refractivity contribution < 1.29 is 27.9 Å². The van der Waals surface area contributed by atoms with Gasteiger partial charge in [-0.25, -0.2) is 4.79 Å². The first kappa shape index (κ1) is 23.3. The van der Waals surface area contributed by atoms with Gasteiger partial charge < -0.3 is 10.0 Å². The van der Waals surface area contributed by atoms with E-state index in [1.165, 1.54) is 18.4 Å². The van der Waals surface area contributed by atoms with Gasteiger partial charge in [-0.15, -0.1) is 11.3 Å². The maximum atomic E-state index is 12.6. The van der Waals surface area contributed by atoms with Crippen LogP contribution in [-0.4, -0.2) is 68.9 Å². The van der Waals surface area contributed by atoms with Crippen LogP contribution in [0.15, 0.2) is 29.9 Å². The molecule has 1 spiro atoms. The number of carbonyl (C=O) groups is 2. The molecule has 0 aromatic carbocycles. The number of rotatable bonds is 3. The zero-order valence-corrected chi connectivity index (χ0v) is 18.0. The summed E-state index contributed by atoms with van der Waals surface area (Å²) in [5, 5.41) is 13.4. The Morgan fingerprint density at radius 3 is 2.58 bits per heavy atom. The molecule has 2 aliphatic rings. The third-order valence-electron chi connectivity index (χ3n) is 5.60. The van der Waals surface area contributed by atoms with E-state index in [4.69, 9.17) is 9.90 Å². The molecule has 2 aromatic rings. The molecule has 0 saturated carbocycles. The minimum Gasteiger partial charge on any atom is -0.475 e. The van der Waals surface area contributed by atoms with Gasteiger partial charge in [0.15, 0.2) is 0 Å². The first-order chi connectivity index (χ1) is 14.6. The molecule has 0 bridgehead atoms. The van der Waals surface area contributed by atoms with Gasteiger partial charge in [0.1, 0.15) is 0 Å².